The molecule has 0 spiro atoms. The summed E-state index contributed by atoms with van der Waals surface area (Å²) in [6.07, 6.45) is 1.20. The van der Waals surface area contributed by atoms with Crippen LogP contribution in [-0.2, 0) is 0 Å². The first-order chi connectivity index (χ1) is 7.79. The highest BCUT2D eigenvalue weighted by Gasteiger charge is 2.15. The van der Waals surface area contributed by atoms with Crippen LogP contribution in [-0.4, -0.2) is 29.1 Å². The highest BCUT2D eigenvalue weighted by Crippen LogP contribution is 2.24. The third kappa shape index (κ3) is 2.72. The molecule has 0 aliphatic carbocycles. The van der Waals surface area contributed by atoms with Crippen LogP contribution in [0.1, 0.15) is 13.3 Å². The van der Waals surface area contributed by atoms with Crippen LogP contribution < -0.4 is 15.8 Å². The molecule has 0 aromatic carbocycles. The van der Waals surface area contributed by atoms with E-state index in [0.29, 0.717) is 24.2 Å². The zero-order chi connectivity index (χ0) is 11.4. The Morgan fingerprint density at radius 2 is 2.50 bits per heavy atom. The molecule has 4 nitrogen and oxygen atoms in total. The highest BCUT2D eigenvalue weighted by molar-refractivity contribution is 7.99. The van der Waals surface area contributed by atoms with Gasteiger partial charge in [0, 0.05) is 11.8 Å². The molecule has 88 valence electrons. The number of hydrogen-bond donors (Lipinski definition) is 2. The fourth-order valence-corrected chi connectivity index (χ4v) is 2.79. The van der Waals surface area contributed by atoms with Crippen LogP contribution in [0.2, 0.25) is 0 Å². The van der Waals surface area contributed by atoms with Gasteiger partial charge in [0.15, 0.2) is 0 Å². The van der Waals surface area contributed by atoms with Crippen molar-refractivity contribution in [1.82, 2.24) is 4.98 Å². The first-order valence-electron chi connectivity index (χ1n) is 5.53. The van der Waals surface area contributed by atoms with Gasteiger partial charge in [-0.1, -0.05) is 0 Å². The monoisotopic (exact) mass is 239 g/mol. The number of nitrogens with two attached hydrogens (primary N) is 1. The standard InChI is InChI=1S/C11H17N3OS/c1-2-15-11-9(12)3-4-10(14-11)13-8-5-6-16-7-8/h3-4,8H,2,5-7,12H2,1H3,(H,13,14). The predicted molar refractivity (Wildman–Crippen MR) is 69.2 cm³/mol. The molecule has 2 heterocycles. The van der Waals surface area contributed by atoms with Gasteiger partial charge in [-0.2, -0.15) is 16.7 Å². The van der Waals surface area contributed by atoms with Gasteiger partial charge in [0.05, 0.1) is 12.3 Å². The van der Waals surface area contributed by atoms with Gasteiger partial charge in [0.25, 0.3) is 0 Å². The average Bonchev–Trinajstić information content (AvgIpc) is 2.76. The van der Waals surface area contributed by atoms with E-state index in [9.17, 15) is 0 Å². The van der Waals surface area contributed by atoms with Crippen molar-refractivity contribution in [3.63, 3.8) is 0 Å². The van der Waals surface area contributed by atoms with Crippen molar-refractivity contribution in [1.29, 1.82) is 0 Å². The van der Waals surface area contributed by atoms with Gasteiger partial charge >= 0.3 is 0 Å². The SMILES string of the molecule is CCOc1nc(NC2CCSC2)ccc1N. The van der Waals surface area contributed by atoms with E-state index < -0.39 is 0 Å². The van der Waals surface area contributed by atoms with Gasteiger partial charge in [0.2, 0.25) is 5.88 Å². The van der Waals surface area contributed by atoms with Gasteiger partial charge in [-0.25, -0.2) is 0 Å². The molecule has 0 saturated carbocycles. The molecule has 5 heteroatoms. The number of nitrogens with one attached hydrogen (secondary N) is 1. The van der Waals surface area contributed by atoms with Crippen LogP contribution in [0.5, 0.6) is 5.88 Å². The van der Waals surface area contributed by atoms with Crippen molar-refractivity contribution in [3.8, 4) is 5.88 Å². The van der Waals surface area contributed by atoms with E-state index in [-0.39, 0.29) is 0 Å². The zero-order valence-corrected chi connectivity index (χ0v) is 10.2. The van der Waals surface area contributed by atoms with Crippen molar-refractivity contribution in [2.75, 3.05) is 29.2 Å². The molecule has 2 rings (SSSR count). The fourth-order valence-electron chi connectivity index (χ4n) is 1.64. The van der Waals surface area contributed by atoms with E-state index in [1.165, 1.54) is 12.2 Å². The van der Waals surface area contributed by atoms with Gasteiger partial charge in [-0.05, 0) is 31.2 Å². The van der Waals surface area contributed by atoms with Crippen molar-refractivity contribution >= 4 is 23.3 Å². The topological polar surface area (TPSA) is 60.2 Å². The maximum Gasteiger partial charge on any atom is 0.239 e. The second-order valence-electron chi connectivity index (χ2n) is 3.73. The minimum atomic E-state index is 0.524. The average molecular weight is 239 g/mol. The van der Waals surface area contributed by atoms with E-state index in [4.69, 9.17) is 10.5 Å². The minimum Gasteiger partial charge on any atom is -0.476 e. The molecule has 1 aromatic heterocycles. The number of ether oxygens (including phenoxy) is 1. The molecule has 1 fully saturated rings. The molecule has 1 aromatic rings. The molecule has 1 saturated heterocycles. The molecule has 3 N–H and O–H groups in total. The smallest absolute Gasteiger partial charge is 0.239 e. The largest absolute Gasteiger partial charge is 0.476 e. The van der Waals surface area contributed by atoms with Crippen LogP contribution in [0.3, 0.4) is 0 Å². The Morgan fingerprint density at radius 1 is 1.62 bits per heavy atom. The first-order valence-corrected chi connectivity index (χ1v) is 6.68. The maximum atomic E-state index is 5.76. The number of nitrogen functional groups attached to an aromatic ring is 1. The Morgan fingerprint density at radius 3 is 3.19 bits per heavy atom. The van der Waals surface area contributed by atoms with E-state index in [1.807, 2.05) is 30.8 Å². The molecule has 0 bridgehead atoms. The molecule has 1 aliphatic heterocycles. The number of thioether (sulfide) groups is 1. The lowest BCUT2D eigenvalue weighted by Gasteiger charge is -2.13. The number of nitrogens with zero attached hydrogens (tertiary/aromatic N) is 1. The quantitative estimate of drug-likeness (QED) is 0.841. The van der Waals surface area contributed by atoms with E-state index >= 15 is 0 Å². The Hall–Kier alpha value is -1.10. The maximum absolute atomic E-state index is 5.76. The number of anilines is 2. The van der Waals surface area contributed by atoms with Gasteiger partial charge in [-0.15, -0.1) is 0 Å². The zero-order valence-electron chi connectivity index (χ0n) is 9.40. The normalized spacial score (nSPS) is 19.7. The van der Waals surface area contributed by atoms with Gasteiger partial charge < -0.3 is 15.8 Å². The highest BCUT2D eigenvalue weighted by atomic mass is 32.2. The summed E-state index contributed by atoms with van der Waals surface area (Å²) in [7, 11) is 0. The molecule has 0 amide bonds. The second kappa shape index (κ2) is 5.30. The predicted octanol–water partition coefficient (Wildman–Crippen LogP) is 1.98. The summed E-state index contributed by atoms with van der Waals surface area (Å²) in [6.45, 7) is 2.51. The van der Waals surface area contributed by atoms with Gasteiger partial charge in [-0.3, -0.25) is 0 Å². The molecular weight excluding hydrogens is 222 g/mol. The Balaban J connectivity index is 2.05. The fraction of sp³-hybridized carbons (Fsp3) is 0.545. The molecule has 0 radical (unpaired) electrons. The first kappa shape index (κ1) is 11.4. The van der Waals surface area contributed by atoms with Crippen LogP contribution in [0.4, 0.5) is 11.5 Å². The number of hydrogen-bond acceptors (Lipinski definition) is 5. The van der Waals surface area contributed by atoms with E-state index in [0.717, 1.165) is 11.6 Å². The Labute approximate surface area is 100.0 Å². The van der Waals surface area contributed by atoms with E-state index in [1.54, 1.807) is 0 Å². The van der Waals surface area contributed by atoms with Crippen molar-refractivity contribution in [2.45, 2.75) is 19.4 Å². The molecule has 1 unspecified atom stereocenters. The number of rotatable bonds is 4. The number of pyridine rings is 1. The molecule has 1 aliphatic rings. The van der Waals surface area contributed by atoms with Crippen molar-refractivity contribution in [3.05, 3.63) is 12.1 Å². The van der Waals surface area contributed by atoms with E-state index in [2.05, 4.69) is 10.3 Å². The lowest BCUT2D eigenvalue weighted by Crippen LogP contribution is -2.19. The summed E-state index contributed by atoms with van der Waals surface area (Å²) in [6, 6.07) is 4.26. The summed E-state index contributed by atoms with van der Waals surface area (Å²) in [5.74, 6) is 3.75. The van der Waals surface area contributed by atoms with Crippen LogP contribution in [0, 0.1) is 0 Å². The van der Waals surface area contributed by atoms with Crippen LogP contribution in [0.25, 0.3) is 0 Å². The minimum absolute atomic E-state index is 0.524. The second-order valence-corrected chi connectivity index (χ2v) is 4.88. The van der Waals surface area contributed by atoms with Gasteiger partial charge in [0.1, 0.15) is 5.82 Å². The summed E-state index contributed by atoms with van der Waals surface area (Å²) in [5.41, 5.74) is 6.36. The lowest BCUT2D eigenvalue weighted by atomic mass is 10.2. The van der Waals surface area contributed by atoms with Crippen molar-refractivity contribution < 1.29 is 4.74 Å². The van der Waals surface area contributed by atoms with Crippen molar-refractivity contribution in [2.24, 2.45) is 0 Å². The summed E-state index contributed by atoms with van der Waals surface area (Å²) in [4.78, 5) is 4.36. The summed E-state index contributed by atoms with van der Waals surface area (Å²) < 4.78 is 5.36. The summed E-state index contributed by atoms with van der Waals surface area (Å²) in [5, 5.41) is 3.40. The number of aromatic nitrogens is 1. The molecule has 1 atom stereocenters. The molecular formula is C11H17N3OS. The Bertz CT molecular complexity index is 353. The van der Waals surface area contributed by atoms with Crippen LogP contribution in [0.15, 0.2) is 12.1 Å². The lowest BCUT2D eigenvalue weighted by molar-refractivity contribution is 0.329. The summed E-state index contributed by atoms with van der Waals surface area (Å²) >= 11 is 1.97. The Kier molecular flexibility index (Phi) is 3.77. The third-order valence-corrected chi connectivity index (χ3v) is 3.61. The van der Waals surface area contributed by atoms with Crippen LogP contribution >= 0.6 is 11.8 Å². The molecule has 16 heavy (non-hydrogen) atoms. The third-order valence-electron chi connectivity index (χ3n) is 2.45.